The summed E-state index contributed by atoms with van der Waals surface area (Å²) in [5.74, 6) is 1.05. The molecule has 2 aromatic rings. The molecule has 6 nitrogen and oxygen atoms in total. The average Bonchev–Trinajstić information content (AvgIpc) is 3.12. The van der Waals surface area contributed by atoms with Crippen LogP contribution in [0.4, 0.5) is 13.2 Å². The number of aliphatic hydroxyl groups excluding tert-OH is 1. The maximum Gasteiger partial charge on any atom is 0.434 e. The number of hydrogen-bond donors (Lipinski definition) is 3. The molecule has 154 valence electrons. The molecule has 3 N–H and O–H groups in total. The predicted octanol–water partition coefficient (Wildman–Crippen LogP) is 2.97. The lowest BCUT2D eigenvalue weighted by Gasteiger charge is -2.16. The minimum Gasteiger partial charge on any atom is -0.491 e. The second kappa shape index (κ2) is 10.3. The summed E-state index contributed by atoms with van der Waals surface area (Å²) in [5.41, 5.74) is 0.145. The van der Waals surface area contributed by atoms with Crippen LogP contribution in [0.5, 0.6) is 5.75 Å². The van der Waals surface area contributed by atoms with Crippen LogP contribution in [0.1, 0.15) is 23.2 Å². The number of thiazole rings is 1. The topological polar surface area (TPSA) is 78.8 Å². The Morgan fingerprint density at radius 3 is 2.79 bits per heavy atom. The summed E-state index contributed by atoms with van der Waals surface area (Å²) < 4.78 is 43.3. The number of rotatable bonds is 8. The van der Waals surface area contributed by atoms with Gasteiger partial charge in [0, 0.05) is 18.5 Å². The van der Waals surface area contributed by atoms with Crippen LogP contribution in [-0.2, 0) is 12.7 Å². The number of halogens is 3. The highest BCUT2D eigenvalue weighted by Gasteiger charge is 2.33. The number of aryl methyl sites for hydroxylation is 1. The maximum absolute atomic E-state index is 12.6. The lowest BCUT2D eigenvalue weighted by molar-refractivity contribution is -0.140. The molecule has 0 aliphatic carbocycles. The fourth-order valence-electron chi connectivity index (χ4n) is 2.17. The number of guanidine groups is 1. The van der Waals surface area contributed by atoms with E-state index >= 15 is 0 Å². The van der Waals surface area contributed by atoms with Gasteiger partial charge >= 0.3 is 6.18 Å². The molecule has 2 rings (SSSR count). The molecule has 0 saturated heterocycles. The van der Waals surface area contributed by atoms with Crippen molar-refractivity contribution in [2.45, 2.75) is 32.7 Å². The Morgan fingerprint density at radius 1 is 1.36 bits per heavy atom. The van der Waals surface area contributed by atoms with Gasteiger partial charge in [-0.3, -0.25) is 0 Å². The van der Waals surface area contributed by atoms with Crippen LogP contribution in [0.3, 0.4) is 0 Å². The molecule has 0 radical (unpaired) electrons. The first-order valence-electron chi connectivity index (χ1n) is 8.69. The zero-order chi connectivity index (χ0) is 20.6. The SMILES string of the molecule is CCNC(=NCc1nc(C(F)(F)F)cs1)NCC(O)COc1cccc(C)c1. The second-order valence-electron chi connectivity index (χ2n) is 5.98. The Labute approximate surface area is 165 Å². The van der Waals surface area contributed by atoms with Gasteiger partial charge in [-0.1, -0.05) is 12.1 Å². The van der Waals surface area contributed by atoms with Gasteiger partial charge in [-0.25, -0.2) is 9.98 Å². The van der Waals surface area contributed by atoms with Crippen LogP contribution in [0.25, 0.3) is 0 Å². The van der Waals surface area contributed by atoms with Crippen LogP contribution in [-0.4, -0.2) is 41.9 Å². The van der Waals surface area contributed by atoms with Gasteiger partial charge < -0.3 is 20.5 Å². The van der Waals surface area contributed by atoms with Crippen molar-refractivity contribution in [1.29, 1.82) is 0 Å². The molecular formula is C18H23F3N4O2S. The van der Waals surface area contributed by atoms with E-state index < -0.39 is 18.0 Å². The summed E-state index contributed by atoms with van der Waals surface area (Å²) in [5, 5.41) is 17.2. The lowest BCUT2D eigenvalue weighted by Crippen LogP contribution is -2.42. The van der Waals surface area contributed by atoms with Crippen LogP contribution in [0.2, 0.25) is 0 Å². The molecule has 0 amide bonds. The normalized spacial score (nSPS) is 13.3. The first-order valence-corrected chi connectivity index (χ1v) is 9.57. The predicted molar refractivity (Wildman–Crippen MR) is 103 cm³/mol. The number of alkyl halides is 3. The number of aliphatic hydroxyl groups is 1. The van der Waals surface area contributed by atoms with E-state index in [2.05, 4.69) is 20.6 Å². The molecule has 0 aliphatic heterocycles. The minimum atomic E-state index is -4.46. The number of nitrogens with zero attached hydrogens (tertiary/aromatic N) is 2. The first kappa shape index (κ1) is 22.0. The smallest absolute Gasteiger partial charge is 0.434 e. The number of hydrogen-bond acceptors (Lipinski definition) is 5. The molecule has 0 aliphatic rings. The van der Waals surface area contributed by atoms with Crippen LogP contribution in [0, 0.1) is 6.92 Å². The van der Waals surface area contributed by atoms with E-state index in [0.717, 1.165) is 22.3 Å². The van der Waals surface area contributed by atoms with Gasteiger partial charge in [-0.05, 0) is 31.5 Å². The highest BCUT2D eigenvalue weighted by atomic mass is 32.1. The fraction of sp³-hybridized carbons (Fsp3) is 0.444. The summed E-state index contributed by atoms with van der Waals surface area (Å²) in [6, 6.07) is 7.50. The van der Waals surface area contributed by atoms with Gasteiger partial charge in [-0.15, -0.1) is 11.3 Å². The van der Waals surface area contributed by atoms with Gasteiger partial charge in [-0.2, -0.15) is 13.2 Å². The van der Waals surface area contributed by atoms with Gasteiger partial charge in [0.25, 0.3) is 0 Å². The van der Waals surface area contributed by atoms with E-state index in [1.807, 2.05) is 38.1 Å². The average molecular weight is 416 g/mol. The Hall–Kier alpha value is -2.33. The number of benzene rings is 1. The van der Waals surface area contributed by atoms with Crippen LogP contribution < -0.4 is 15.4 Å². The summed E-state index contributed by atoms with van der Waals surface area (Å²) >= 11 is 0.905. The third-order valence-corrected chi connectivity index (χ3v) is 4.33. The van der Waals surface area contributed by atoms with Gasteiger partial charge in [0.05, 0.1) is 6.54 Å². The Bertz CT molecular complexity index is 780. The lowest BCUT2D eigenvalue weighted by atomic mass is 10.2. The quantitative estimate of drug-likeness (QED) is 0.456. The highest BCUT2D eigenvalue weighted by Crippen LogP contribution is 2.30. The zero-order valence-corrected chi connectivity index (χ0v) is 16.4. The van der Waals surface area contributed by atoms with Crippen molar-refractivity contribution >= 4 is 17.3 Å². The van der Waals surface area contributed by atoms with Crippen LogP contribution >= 0.6 is 11.3 Å². The van der Waals surface area contributed by atoms with Crippen molar-refractivity contribution in [2.24, 2.45) is 4.99 Å². The van der Waals surface area contributed by atoms with Gasteiger partial charge in [0.2, 0.25) is 0 Å². The van der Waals surface area contributed by atoms with E-state index in [9.17, 15) is 18.3 Å². The summed E-state index contributed by atoms with van der Waals surface area (Å²) in [7, 11) is 0. The molecule has 0 bridgehead atoms. The van der Waals surface area contributed by atoms with Crippen molar-refractivity contribution < 1.29 is 23.0 Å². The van der Waals surface area contributed by atoms with E-state index in [1.54, 1.807) is 0 Å². The van der Waals surface area contributed by atoms with E-state index in [1.165, 1.54) is 0 Å². The maximum atomic E-state index is 12.6. The molecule has 10 heteroatoms. The molecule has 0 spiro atoms. The second-order valence-corrected chi connectivity index (χ2v) is 6.92. The number of aliphatic imine (C=N–C) groups is 1. The van der Waals surface area contributed by atoms with Crippen molar-refractivity contribution in [2.75, 3.05) is 19.7 Å². The minimum absolute atomic E-state index is 0.00592. The molecular weight excluding hydrogens is 393 g/mol. The summed E-state index contributed by atoms with van der Waals surface area (Å²) in [6.07, 6.45) is -5.25. The molecule has 28 heavy (non-hydrogen) atoms. The van der Waals surface area contributed by atoms with Crippen molar-refractivity contribution in [3.8, 4) is 5.75 Å². The molecule has 1 atom stereocenters. The van der Waals surface area contributed by atoms with Gasteiger partial charge in [0.15, 0.2) is 11.7 Å². The van der Waals surface area contributed by atoms with Gasteiger partial charge in [0.1, 0.15) is 23.5 Å². The highest BCUT2D eigenvalue weighted by molar-refractivity contribution is 7.09. The Balaban J connectivity index is 1.84. The van der Waals surface area contributed by atoms with Crippen molar-refractivity contribution in [3.63, 3.8) is 0 Å². The molecule has 1 unspecified atom stereocenters. The standard InChI is InChI=1S/C18H23F3N4O2S/c1-3-22-17(24-9-16-25-15(11-28-16)18(19,20)21)23-8-13(26)10-27-14-6-4-5-12(2)7-14/h4-7,11,13,26H,3,8-10H2,1-2H3,(H2,22,23,24). The van der Waals surface area contributed by atoms with Crippen molar-refractivity contribution in [3.05, 3.63) is 45.9 Å². The fourth-order valence-corrected chi connectivity index (χ4v) is 2.90. The number of aromatic nitrogens is 1. The summed E-state index contributed by atoms with van der Waals surface area (Å²) in [6.45, 7) is 4.64. The van der Waals surface area contributed by atoms with E-state index in [4.69, 9.17) is 4.74 Å². The zero-order valence-electron chi connectivity index (χ0n) is 15.6. The summed E-state index contributed by atoms with van der Waals surface area (Å²) in [4.78, 5) is 7.74. The van der Waals surface area contributed by atoms with Crippen LogP contribution in [0.15, 0.2) is 34.6 Å². The van der Waals surface area contributed by atoms with Crippen molar-refractivity contribution in [1.82, 2.24) is 15.6 Å². The largest absolute Gasteiger partial charge is 0.491 e. The number of ether oxygens (including phenoxy) is 1. The molecule has 1 aromatic heterocycles. The van der Waals surface area contributed by atoms with E-state index in [0.29, 0.717) is 18.3 Å². The Kier molecular flexibility index (Phi) is 8.06. The molecule has 0 saturated carbocycles. The molecule has 0 fully saturated rings. The number of nitrogens with one attached hydrogen (secondary N) is 2. The third kappa shape index (κ3) is 7.35. The van der Waals surface area contributed by atoms with E-state index in [-0.39, 0.29) is 24.7 Å². The molecule has 1 heterocycles. The Morgan fingerprint density at radius 2 is 2.14 bits per heavy atom. The molecule has 1 aromatic carbocycles. The third-order valence-electron chi connectivity index (χ3n) is 3.50. The monoisotopic (exact) mass is 416 g/mol. The first-order chi connectivity index (χ1) is 13.3.